The van der Waals surface area contributed by atoms with E-state index in [9.17, 15) is 19.2 Å². The largest absolute Gasteiger partial charge is 0.465 e. The van der Waals surface area contributed by atoms with Crippen LogP contribution in [0.5, 0.6) is 5.75 Å². The molecule has 0 amide bonds. The molecule has 0 N–H and O–H groups in total. The maximum atomic E-state index is 13.8. The fraction of sp³-hybridized carbons (Fsp3) is 0.464. The molecule has 8 heteroatoms. The van der Waals surface area contributed by atoms with E-state index in [0.717, 1.165) is 59.4 Å². The quantitative estimate of drug-likeness (QED) is 0.0371. The van der Waals surface area contributed by atoms with E-state index in [2.05, 4.69) is 43.1 Å². The third-order valence-corrected chi connectivity index (χ3v) is 13.2. The highest BCUT2D eigenvalue weighted by atomic mass is 16.6. The fourth-order valence-corrected chi connectivity index (χ4v) is 9.37. The molecule has 8 nitrogen and oxygen atoms in total. The van der Waals surface area contributed by atoms with Crippen molar-refractivity contribution in [3.05, 3.63) is 113 Å². The number of esters is 4. The lowest BCUT2D eigenvalue weighted by atomic mass is 9.67. The summed E-state index contributed by atoms with van der Waals surface area (Å²) in [5.41, 5.74) is 2.84. The molecule has 3 fully saturated rings. The first kappa shape index (κ1) is 47.4. The molecule has 0 aromatic heterocycles. The summed E-state index contributed by atoms with van der Waals surface area (Å²) in [6, 6.07) is 21.9. The van der Waals surface area contributed by atoms with E-state index in [4.69, 9.17) is 25.4 Å². The Bertz CT molecular complexity index is 2200. The van der Waals surface area contributed by atoms with Gasteiger partial charge >= 0.3 is 23.9 Å². The van der Waals surface area contributed by atoms with Crippen molar-refractivity contribution in [1.82, 2.24) is 0 Å². The minimum Gasteiger partial charge on any atom is -0.465 e. The minimum absolute atomic E-state index is 0.238. The van der Waals surface area contributed by atoms with Crippen molar-refractivity contribution in [2.75, 3.05) is 13.2 Å². The second-order valence-corrected chi connectivity index (χ2v) is 17.7. The average molecular weight is 863 g/mol. The van der Waals surface area contributed by atoms with Gasteiger partial charge in [0.15, 0.2) is 5.60 Å². The predicted octanol–water partition coefficient (Wildman–Crippen LogP) is 11.0. The van der Waals surface area contributed by atoms with Crippen molar-refractivity contribution < 1.29 is 38.1 Å². The number of carbonyl (C=O) groups excluding carboxylic acids is 4. The average Bonchev–Trinajstić information content (AvgIpc) is 3.33. The summed E-state index contributed by atoms with van der Waals surface area (Å²) in [5.74, 6) is 16.3. The highest BCUT2D eigenvalue weighted by Gasteiger charge is 2.41. The van der Waals surface area contributed by atoms with Gasteiger partial charge in [0, 0.05) is 28.3 Å². The van der Waals surface area contributed by atoms with Crippen LogP contribution in [0.3, 0.4) is 0 Å². The monoisotopic (exact) mass is 862 g/mol. The molecule has 3 saturated carbocycles. The maximum absolute atomic E-state index is 13.8. The van der Waals surface area contributed by atoms with E-state index < -0.39 is 17.5 Å². The van der Waals surface area contributed by atoms with Gasteiger partial charge in [-0.2, -0.15) is 0 Å². The smallest absolute Gasteiger partial charge is 0.339 e. The van der Waals surface area contributed by atoms with E-state index in [1.807, 2.05) is 48.5 Å². The molecule has 3 aliphatic rings. The lowest BCUT2D eigenvalue weighted by Crippen LogP contribution is -2.39. The summed E-state index contributed by atoms with van der Waals surface area (Å²) in [4.78, 5) is 50.7. The zero-order valence-corrected chi connectivity index (χ0v) is 37.4. The molecule has 0 bridgehead atoms. The summed E-state index contributed by atoms with van der Waals surface area (Å²) in [7, 11) is 0. The lowest BCUT2D eigenvalue weighted by Gasteiger charge is -2.41. The van der Waals surface area contributed by atoms with Gasteiger partial charge in [0.25, 0.3) is 0 Å². The molecule has 0 spiro atoms. The zero-order valence-electron chi connectivity index (χ0n) is 37.4. The SMILES string of the molecule is C#Cc1ccc(C#Cc2ccc(C#CC3(OC(=O)c4ccc(OC(=O)C5CCC(C(=O)OCCCCCOC(=O)C=C)CC5)cc4)CCC(C4CCC(CCC)CC4)CC3)cc2)cc1. The number of benzene rings is 3. The standard InChI is InChI=1S/C56H62O8/c1-4-10-42-21-23-46(24-22-42)47-34-37-56(38-35-47,36-33-45-19-17-44(18-20-45)16-15-43-13-11-41(5-2)12-14-43)64-55(60)50-29-31-51(32-30-50)63-54(59)49-27-25-48(26-28-49)53(58)62-40-9-7-8-39-61-52(57)6-3/h2,6,11-14,17-20,29-32,42,46-49H,3-4,7-10,21-28,34-35,37-40H2,1H3. The minimum atomic E-state index is -0.921. The number of hydrogen-bond donors (Lipinski definition) is 0. The Morgan fingerprint density at radius 1 is 0.656 bits per heavy atom. The molecule has 0 unspecified atom stereocenters. The van der Waals surface area contributed by atoms with Crippen molar-refractivity contribution in [2.24, 2.45) is 29.6 Å². The van der Waals surface area contributed by atoms with E-state index in [1.54, 1.807) is 24.3 Å². The molecule has 3 aromatic rings. The first-order valence-electron chi connectivity index (χ1n) is 23.4. The van der Waals surface area contributed by atoms with Crippen LogP contribution in [0.25, 0.3) is 0 Å². The van der Waals surface area contributed by atoms with Crippen LogP contribution in [0.4, 0.5) is 0 Å². The first-order valence-corrected chi connectivity index (χ1v) is 23.4. The van der Waals surface area contributed by atoms with Crippen molar-refractivity contribution >= 4 is 23.9 Å². The van der Waals surface area contributed by atoms with Crippen LogP contribution >= 0.6 is 0 Å². The van der Waals surface area contributed by atoms with Crippen LogP contribution in [0.1, 0.15) is 149 Å². The van der Waals surface area contributed by atoms with Crippen LogP contribution in [0, 0.1) is 65.6 Å². The molecular weight excluding hydrogens is 801 g/mol. The third-order valence-electron chi connectivity index (χ3n) is 13.2. The highest BCUT2D eigenvalue weighted by Crippen LogP contribution is 2.44. The Morgan fingerprint density at radius 2 is 1.19 bits per heavy atom. The van der Waals surface area contributed by atoms with Gasteiger partial charge in [-0.3, -0.25) is 9.59 Å². The van der Waals surface area contributed by atoms with Gasteiger partial charge in [0.05, 0.1) is 30.6 Å². The van der Waals surface area contributed by atoms with Gasteiger partial charge in [0.1, 0.15) is 5.75 Å². The summed E-state index contributed by atoms with van der Waals surface area (Å²) >= 11 is 0. The van der Waals surface area contributed by atoms with Crippen molar-refractivity contribution in [2.45, 2.75) is 122 Å². The van der Waals surface area contributed by atoms with Gasteiger partial charge in [-0.1, -0.05) is 62.9 Å². The number of terminal acetylenes is 1. The first-order chi connectivity index (χ1) is 31.2. The van der Waals surface area contributed by atoms with Gasteiger partial charge < -0.3 is 18.9 Å². The summed E-state index contributed by atoms with van der Waals surface area (Å²) in [6.45, 7) is 6.27. The molecule has 0 atom stereocenters. The number of hydrogen-bond acceptors (Lipinski definition) is 8. The Labute approximate surface area is 380 Å². The van der Waals surface area contributed by atoms with Gasteiger partial charge in [-0.05, 0) is 180 Å². The molecule has 0 radical (unpaired) electrons. The normalized spacial score (nSPS) is 22.7. The molecule has 3 aromatic carbocycles. The van der Waals surface area contributed by atoms with E-state index >= 15 is 0 Å². The van der Waals surface area contributed by atoms with Crippen LogP contribution in [-0.4, -0.2) is 42.7 Å². The highest BCUT2D eigenvalue weighted by molar-refractivity contribution is 5.90. The Morgan fingerprint density at radius 3 is 1.75 bits per heavy atom. The number of ether oxygens (including phenoxy) is 4. The number of unbranched alkanes of at least 4 members (excludes halogenated alkanes) is 2. The number of rotatable bonds is 15. The summed E-state index contributed by atoms with van der Waals surface area (Å²) in [5, 5.41) is 0. The summed E-state index contributed by atoms with van der Waals surface area (Å²) < 4.78 is 22.6. The van der Waals surface area contributed by atoms with Crippen LogP contribution in [0.2, 0.25) is 0 Å². The van der Waals surface area contributed by atoms with E-state index in [-0.39, 0.29) is 23.8 Å². The Hall–Kier alpha value is -6.04. The number of carbonyl (C=O) groups is 4. The third kappa shape index (κ3) is 14.2. The van der Waals surface area contributed by atoms with E-state index in [1.165, 1.54) is 38.5 Å². The molecule has 334 valence electrons. The Balaban J connectivity index is 1.02. The molecule has 6 rings (SSSR count). The van der Waals surface area contributed by atoms with Crippen molar-refractivity contribution in [1.29, 1.82) is 0 Å². The second-order valence-electron chi connectivity index (χ2n) is 17.7. The molecule has 0 heterocycles. The maximum Gasteiger partial charge on any atom is 0.339 e. The zero-order chi connectivity index (χ0) is 45.2. The Kier molecular flexibility index (Phi) is 17.9. The van der Waals surface area contributed by atoms with Gasteiger partial charge in [0.2, 0.25) is 0 Å². The summed E-state index contributed by atoms with van der Waals surface area (Å²) in [6.07, 6.45) is 22.0. The van der Waals surface area contributed by atoms with Gasteiger partial charge in [-0.25, -0.2) is 9.59 Å². The molecule has 0 saturated heterocycles. The van der Waals surface area contributed by atoms with E-state index in [0.29, 0.717) is 81.8 Å². The van der Waals surface area contributed by atoms with Crippen LogP contribution < -0.4 is 4.74 Å². The van der Waals surface area contributed by atoms with Crippen molar-refractivity contribution in [3.8, 4) is 41.8 Å². The van der Waals surface area contributed by atoms with Crippen molar-refractivity contribution in [3.63, 3.8) is 0 Å². The van der Waals surface area contributed by atoms with Gasteiger partial charge in [-0.15, -0.1) is 6.42 Å². The molecule has 0 aliphatic heterocycles. The topological polar surface area (TPSA) is 105 Å². The lowest BCUT2D eigenvalue weighted by molar-refractivity contribution is -0.152. The van der Waals surface area contributed by atoms with Crippen LogP contribution in [0.15, 0.2) is 85.5 Å². The van der Waals surface area contributed by atoms with Crippen LogP contribution in [-0.2, 0) is 28.6 Å². The molecular formula is C56H62O8. The fourth-order valence-electron chi connectivity index (χ4n) is 9.37. The second kappa shape index (κ2) is 24.1. The predicted molar refractivity (Wildman–Crippen MR) is 248 cm³/mol. The molecule has 64 heavy (non-hydrogen) atoms. The molecule has 3 aliphatic carbocycles.